The molecule has 2 aliphatic carbocycles. The van der Waals surface area contributed by atoms with Gasteiger partial charge in [0.05, 0.1) is 40.7 Å². The number of allylic oxidation sites excluding steroid dienone is 2. The number of imide groups is 1. The number of hydroxylamine groups is 2. The van der Waals surface area contributed by atoms with Crippen molar-refractivity contribution in [3.05, 3.63) is 22.7 Å². The second kappa shape index (κ2) is 5.50. The van der Waals surface area contributed by atoms with Crippen molar-refractivity contribution in [1.29, 1.82) is 0 Å². The van der Waals surface area contributed by atoms with Crippen LogP contribution in [-0.2, 0) is 19.2 Å². The molecule has 2 amide bonds. The van der Waals surface area contributed by atoms with Crippen LogP contribution in [0.5, 0.6) is 0 Å². The quantitative estimate of drug-likeness (QED) is 0.343. The molecule has 0 unspecified atom stereocenters. The molecular formula is C16H11Cl6NO4. The maximum absolute atomic E-state index is 12.8. The van der Waals surface area contributed by atoms with Gasteiger partial charge in [-0.25, -0.2) is 0 Å². The third-order valence-corrected chi connectivity index (χ3v) is 10.8. The van der Waals surface area contributed by atoms with Crippen LogP contribution in [0.25, 0.3) is 0 Å². The molecule has 0 N–H and O–H groups in total. The summed E-state index contributed by atoms with van der Waals surface area (Å²) in [7, 11) is 0. The minimum absolute atomic E-state index is 0.0184. The van der Waals surface area contributed by atoms with Gasteiger partial charge >= 0.3 is 0 Å². The Kier molecular flexibility index (Phi) is 3.92. The highest BCUT2D eigenvalue weighted by atomic mass is 35.5. The van der Waals surface area contributed by atoms with E-state index < -0.39 is 61.8 Å². The zero-order chi connectivity index (χ0) is 19.7. The number of fused-ring (bicyclic) bond motifs is 12. The third-order valence-electron chi connectivity index (χ3n) is 6.46. The average molecular weight is 494 g/mol. The van der Waals surface area contributed by atoms with E-state index in [2.05, 4.69) is 6.58 Å². The molecule has 8 atom stereocenters. The minimum Gasteiger partial charge on any atom is -0.373 e. The predicted molar refractivity (Wildman–Crippen MR) is 101 cm³/mol. The van der Waals surface area contributed by atoms with E-state index in [1.54, 1.807) is 0 Å². The van der Waals surface area contributed by atoms with Gasteiger partial charge in [-0.1, -0.05) is 52.5 Å². The van der Waals surface area contributed by atoms with Gasteiger partial charge in [0.15, 0.2) is 4.33 Å². The Balaban J connectivity index is 1.62. The van der Waals surface area contributed by atoms with Crippen LogP contribution in [0, 0.1) is 23.7 Å². The molecule has 3 saturated heterocycles. The molecule has 5 rings (SSSR count). The fourth-order valence-corrected chi connectivity index (χ4v) is 8.59. The molecule has 5 nitrogen and oxygen atoms in total. The summed E-state index contributed by atoms with van der Waals surface area (Å²) in [5, 5.41) is 0.878. The lowest BCUT2D eigenvalue weighted by molar-refractivity contribution is -0.189. The van der Waals surface area contributed by atoms with Gasteiger partial charge in [0.2, 0.25) is 0 Å². The van der Waals surface area contributed by atoms with Crippen molar-refractivity contribution in [1.82, 2.24) is 5.06 Å². The molecule has 0 aromatic heterocycles. The van der Waals surface area contributed by atoms with Crippen molar-refractivity contribution in [2.45, 2.75) is 26.3 Å². The molecule has 27 heavy (non-hydrogen) atoms. The number of alkyl halides is 4. The van der Waals surface area contributed by atoms with Crippen LogP contribution >= 0.6 is 69.6 Å². The van der Waals surface area contributed by atoms with Crippen LogP contribution in [-0.4, -0.2) is 49.8 Å². The molecule has 0 aromatic rings. The molecule has 0 spiro atoms. The smallest absolute Gasteiger partial charge is 0.260 e. The van der Waals surface area contributed by atoms with Crippen LogP contribution < -0.4 is 0 Å². The van der Waals surface area contributed by atoms with Gasteiger partial charge in [0.25, 0.3) is 11.8 Å². The van der Waals surface area contributed by atoms with Crippen LogP contribution in [0.4, 0.5) is 0 Å². The van der Waals surface area contributed by atoms with E-state index in [0.717, 1.165) is 5.06 Å². The van der Waals surface area contributed by atoms with Crippen molar-refractivity contribution in [2.24, 2.45) is 23.7 Å². The summed E-state index contributed by atoms with van der Waals surface area (Å²) in [5.74, 6) is -3.68. The summed E-state index contributed by atoms with van der Waals surface area (Å²) in [6.45, 7) is 3.53. The highest BCUT2D eigenvalue weighted by Gasteiger charge is 2.90. The van der Waals surface area contributed by atoms with E-state index in [0.29, 0.717) is 0 Å². The van der Waals surface area contributed by atoms with E-state index >= 15 is 0 Å². The van der Waals surface area contributed by atoms with Crippen LogP contribution in [0.15, 0.2) is 22.7 Å². The normalized spacial score (nSPS) is 51.4. The molecule has 1 saturated carbocycles. The fraction of sp³-hybridized carbons (Fsp3) is 0.625. The fourth-order valence-electron chi connectivity index (χ4n) is 5.52. The molecule has 5 aliphatic rings. The number of halogens is 6. The van der Waals surface area contributed by atoms with E-state index in [-0.39, 0.29) is 16.7 Å². The van der Waals surface area contributed by atoms with E-state index in [1.807, 2.05) is 0 Å². The first-order valence-corrected chi connectivity index (χ1v) is 10.4. The summed E-state index contributed by atoms with van der Waals surface area (Å²) >= 11 is 39.7. The van der Waals surface area contributed by atoms with E-state index in [4.69, 9.17) is 79.2 Å². The topological polar surface area (TPSA) is 55.8 Å². The second-order valence-electron chi connectivity index (χ2n) is 7.35. The lowest BCUT2D eigenvalue weighted by Crippen LogP contribution is -2.50. The van der Waals surface area contributed by atoms with Gasteiger partial charge < -0.3 is 4.74 Å². The van der Waals surface area contributed by atoms with E-state index in [1.165, 1.54) is 6.08 Å². The molecular weight excluding hydrogens is 483 g/mol. The first-order valence-electron chi connectivity index (χ1n) is 8.15. The van der Waals surface area contributed by atoms with Crippen LogP contribution in [0.3, 0.4) is 0 Å². The Morgan fingerprint density at radius 3 is 1.85 bits per heavy atom. The summed E-state index contributed by atoms with van der Waals surface area (Å²) in [4.78, 5) is 27.9. The first-order chi connectivity index (χ1) is 12.6. The Bertz CT molecular complexity index is 789. The van der Waals surface area contributed by atoms with Gasteiger partial charge in [-0.05, 0) is 0 Å². The number of carbonyl (C=O) groups excluding carboxylic acids is 2. The van der Waals surface area contributed by atoms with Gasteiger partial charge in [-0.3, -0.25) is 14.4 Å². The zero-order valence-corrected chi connectivity index (χ0v) is 17.8. The molecule has 3 aliphatic heterocycles. The lowest BCUT2D eigenvalue weighted by atomic mass is 9.65. The van der Waals surface area contributed by atoms with Gasteiger partial charge in [0.1, 0.15) is 9.75 Å². The predicted octanol–water partition coefficient (Wildman–Crippen LogP) is 3.56. The molecule has 4 fully saturated rings. The molecule has 146 valence electrons. The number of hydrogen-bond donors (Lipinski definition) is 0. The molecule has 4 bridgehead atoms. The first kappa shape index (κ1) is 19.3. The summed E-state index contributed by atoms with van der Waals surface area (Å²) in [5.41, 5.74) is 0. The highest BCUT2D eigenvalue weighted by Crippen LogP contribution is 2.81. The monoisotopic (exact) mass is 491 g/mol. The maximum atomic E-state index is 12.8. The van der Waals surface area contributed by atoms with Crippen LogP contribution in [0.1, 0.15) is 0 Å². The number of amides is 2. The second-order valence-corrected chi connectivity index (χ2v) is 10.6. The van der Waals surface area contributed by atoms with Gasteiger partial charge in [-0.2, -0.15) is 5.06 Å². The lowest BCUT2D eigenvalue weighted by Gasteiger charge is -2.39. The van der Waals surface area contributed by atoms with Crippen molar-refractivity contribution in [3.8, 4) is 0 Å². The number of ether oxygens (including phenoxy) is 1. The number of carbonyl (C=O) groups is 2. The van der Waals surface area contributed by atoms with Gasteiger partial charge in [0, 0.05) is 11.8 Å². The molecule has 0 radical (unpaired) electrons. The largest absolute Gasteiger partial charge is 0.373 e. The average Bonchev–Trinajstić information content (AvgIpc) is 3.31. The Morgan fingerprint density at radius 1 is 1.00 bits per heavy atom. The molecule has 3 heterocycles. The highest BCUT2D eigenvalue weighted by molar-refractivity contribution is 6.65. The number of rotatable bonds is 3. The molecule has 0 aromatic carbocycles. The van der Waals surface area contributed by atoms with E-state index in [9.17, 15) is 9.59 Å². The molecule has 11 heteroatoms. The van der Waals surface area contributed by atoms with Gasteiger partial charge in [-0.15, -0.1) is 29.8 Å². The van der Waals surface area contributed by atoms with Crippen molar-refractivity contribution < 1.29 is 19.2 Å². The van der Waals surface area contributed by atoms with Crippen molar-refractivity contribution in [3.63, 3.8) is 0 Å². The standard InChI is InChI=1S/C16H11Cl6NO4/c1-2-3-26-23-12(24)4-5(13(23)25)9-7-6(8(4)27-9)14(19)10(17)11(18)15(7,20)16(14,21)22/h2,4-9H,1,3H2/t4-,5+,6-,7+,8+,9-,14-,15-/m1/s1. The number of hydrogen-bond acceptors (Lipinski definition) is 4. The Morgan fingerprint density at radius 2 is 1.44 bits per heavy atom. The summed E-state index contributed by atoms with van der Waals surface area (Å²) < 4.78 is 4.30. The summed E-state index contributed by atoms with van der Waals surface area (Å²) in [6, 6.07) is 0. The Hall–Kier alpha value is 0.280. The number of nitrogens with zero attached hydrogens (tertiary/aromatic N) is 1. The Labute approximate surface area is 184 Å². The minimum atomic E-state index is -1.73. The van der Waals surface area contributed by atoms with Crippen molar-refractivity contribution >= 4 is 81.4 Å². The zero-order valence-electron chi connectivity index (χ0n) is 13.3. The third kappa shape index (κ3) is 1.74. The maximum Gasteiger partial charge on any atom is 0.260 e. The van der Waals surface area contributed by atoms with Crippen LogP contribution in [0.2, 0.25) is 0 Å². The van der Waals surface area contributed by atoms with Crippen molar-refractivity contribution in [2.75, 3.05) is 6.61 Å². The SMILES string of the molecule is C=CCON1C(=O)[C@@H]2[C@H]3O[C@@H]([C@@H]2C1=O)[C@H]1[C@@H]3[C@@]2(Cl)C(Cl)=C(Cl)[C@@]1(Cl)C2(Cl)Cl. The summed E-state index contributed by atoms with van der Waals surface area (Å²) in [6.07, 6.45) is -0.0192.